The Labute approximate surface area is 128 Å². The Balaban J connectivity index is 1.53. The molecular weight excluding hydrogens is 266 g/mol. The van der Waals surface area contributed by atoms with Crippen molar-refractivity contribution in [1.29, 1.82) is 0 Å². The molecule has 0 aromatic heterocycles. The normalized spacial score (nSPS) is 32.4. The Morgan fingerprint density at radius 3 is 2.60 bits per heavy atom. The summed E-state index contributed by atoms with van der Waals surface area (Å²) in [5.41, 5.74) is 1.84. The van der Waals surface area contributed by atoms with Crippen LogP contribution in [0.25, 0.3) is 0 Å². The summed E-state index contributed by atoms with van der Waals surface area (Å²) < 4.78 is 0. The van der Waals surface area contributed by atoms with Crippen molar-refractivity contribution in [2.75, 3.05) is 19.6 Å². The van der Waals surface area contributed by atoms with E-state index in [1.54, 1.807) is 0 Å². The van der Waals surface area contributed by atoms with Crippen LogP contribution in [0.4, 0.5) is 0 Å². The van der Waals surface area contributed by atoms with Gasteiger partial charge in [0.1, 0.15) is 0 Å². The lowest BCUT2D eigenvalue weighted by molar-refractivity contribution is 0.271. The number of halogens is 1. The lowest BCUT2D eigenvalue weighted by atomic mass is 9.92. The Morgan fingerprint density at radius 2 is 1.95 bits per heavy atom. The van der Waals surface area contributed by atoms with Crippen molar-refractivity contribution in [3.05, 3.63) is 34.9 Å². The van der Waals surface area contributed by atoms with Gasteiger partial charge in [0, 0.05) is 23.5 Å². The molecule has 110 valence electrons. The summed E-state index contributed by atoms with van der Waals surface area (Å²) in [6.07, 6.45) is 5.49. The van der Waals surface area contributed by atoms with Gasteiger partial charge in [-0.3, -0.25) is 0 Å². The quantitative estimate of drug-likeness (QED) is 0.684. The lowest BCUT2D eigenvalue weighted by Crippen LogP contribution is -2.29. The predicted octanol–water partition coefficient (Wildman–Crippen LogP) is 4.74. The summed E-state index contributed by atoms with van der Waals surface area (Å²) in [6.45, 7) is 8.60. The van der Waals surface area contributed by atoms with Crippen molar-refractivity contribution >= 4 is 11.6 Å². The number of piperidine rings is 1. The van der Waals surface area contributed by atoms with E-state index in [1.165, 1.54) is 50.9 Å². The van der Waals surface area contributed by atoms with E-state index in [4.69, 9.17) is 11.6 Å². The van der Waals surface area contributed by atoms with Crippen molar-refractivity contribution in [3.63, 3.8) is 0 Å². The molecule has 1 saturated carbocycles. The molecule has 2 unspecified atom stereocenters. The van der Waals surface area contributed by atoms with Crippen LogP contribution in [-0.4, -0.2) is 24.5 Å². The molecule has 20 heavy (non-hydrogen) atoms. The van der Waals surface area contributed by atoms with Gasteiger partial charge in [0.15, 0.2) is 0 Å². The third kappa shape index (κ3) is 2.51. The van der Waals surface area contributed by atoms with Gasteiger partial charge < -0.3 is 4.90 Å². The molecular formula is C18H26ClN. The molecule has 0 bridgehead atoms. The van der Waals surface area contributed by atoms with E-state index in [9.17, 15) is 0 Å². The highest BCUT2D eigenvalue weighted by Crippen LogP contribution is 2.63. The SMILES string of the molecule is CCCCCCN1CC2C(C1)C2(C)c1cccc(Cl)c1. The molecule has 1 aliphatic heterocycles. The molecule has 2 aliphatic rings. The minimum absolute atomic E-state index is 0.394. The standard InChI is InChI=1S/C18H26ClN/c1-3-4-5-6-10-20-12-16-17(13-20)18(16,2)14-8-7-9-15(19)11-14/h7-9,11,16-17H,3-6,10,12-13H2,1-2H3. The van der Waals surface area contributed by atoms with Crippen LogP contribution in [0.1, 0.15) is 45.1 Å². The molecule has 2 heteroatoms. The molecule has 1 aliphatic carbocycles. The molecule has 1 nitrogen and oxygen atoms in total. The Bertz CT molecular complexity index is 458. The Hall–Kier alpha value is -0.530. The maximum atomic E-state index is 6.15. The Morgan fingerprint density at radius 1 is 1.20 bits per heavy atom. The van der Waals surface area contributed by atoms with Crippen LogP contribution in [0.3, 0.4) is 0 Å². The number of fused-ring (bicyclic) bond motifs is 1. The van der Waals surface area contributed by atoms with Crippen molar-refractivity contribution in [2.24, 2.45) is 11.8 Å². The van der Waals surface area contributed by atoms with Gasteiger partial charge in [-0.2, -0.15) is 0 Å². The van der Waals surface area contributed by atoms with Gasteiger partial charge in [-0.05, 0) is 42.5 Å². The van der Waals surface area contributed by atoms with Crippen LogP contribution in [0, 0.1) is 11.8 Å². The largest absolute Gasteiger partial charge is 0.303 e. The van der Waals surface area contributed by atoms with Crippen LogP contribution < -0.4 is 0 Å². The maximum absolute atomic E-state index is 6.15. The number of unbranched alkanes of at least 4 members (excludes halogenated alkanes) is 3. The lowest BCUT2D eigenvalue weighted by Gasteiger charge is -2.24. The zero-order chi connectivity index (χ0) is 14.2. The molecule has 1 saturated heterocycles. The van der Waals surface area contributed by atoms with Crippen molar-refractivity contribution < 1.29 is 0 Å². The van der Waals surface area contributed by atoms with Gasteiger partial charge >= 0.3 is 0 Å². The van der Waals surface area contributed by atoms with Gasteiger partial charge in [0.2, 0.25) is 0 Å². The summed E-state index contributed by atoms with van der Waals surface area (Å²) in [5.74, 6) is 1.71. The molecule has 0 N–H and O–H groups in total. The number of likely N-dealkylation sites (tertiary alicyclic amines) is 1. The Kier molecular flexibility index (Phi) is 4.10. The van der Waals surface area contributed by atoms with E-state index in [0.717, 1.165) is 16.9 Å². The second-order valence-electron chi connectivity index (χ2n) is 6.83. The number of hydrogen-bond donors (Lipinski definition) is 0. The summed E-state index contributed by atoms with van der Waals surface area (Å²) in [6, 6.07) is 8.51. The fraction of sp³-hybridized carbons (Fsp3) is 0.667. The van der Waals surface area contributed by atoms with Gasteiger partial charge in [0.05, 0.1) is 0 Å². The fourth-order valence-corrected chi connectivity index (χ4v) is 4.35. The third-order valence-corrected chi connectivity index (χ3v) is 5.84. The first-order valence-electron chi connectivity index (χ1n) is 8.14. The van der Waals surface area contributed by atoms with E-state index in [0.29, 0.717) is 5.41 Å². The van der Waals surface area contributed by atoms with E-state index in [1.807, 2.05) is 6.07 Å². The minimum atomic E-state index is 0.394. The molecule has 1 aromatic carbocycles. The highest BCUT2D eigenvalue weighted by molar-refractivity contribution is 6.30. The van der Waals surface area contributed by atoms with E-state index < -0.39 is 0 Å². The van der Waals surface area contributed by atoms with Crippen molar-refractivity contribution in [2.45, 2.75) is 44.9 Å². The van der Waals surface area contributed by atoms with E-state index in [2.05, 4.69) is 36.9 Å². The van der Waals surface area contributed by atoms with Gasteiger partial charge in [-0.25, -0.2) is 0 Å². The van der Waals surface area contributed by atoms with Crippen LogP contribution in [0.2, 0.25) is 5.02 Å². The van der Waals surface area contributed by atoms with Gasteiger partial charge in [-0.1, -0.05) is 56.8 Å². The first-order valence-corrected chi connectivity index (χ1v) is 8.52. The first-order chi connectivity index (χ1) is 9.66. The molecule has 0 amide bonds. The second-order valence-corrected chi connectivity index (χ2v) is 7.26. The highest BCUT2D eigenvalue weighted by atomic mass is 35.5. The molecule has 2 atom stereocenters. The van der Waals surface area contributed by atoms with Crippen LogP contribution in [0.5, 0.6) is 0 Å². The average molecular weight is 292 g/mol. The molecule has 0 radical (unpaired) electrons. The zero-order valence-electron chi connectivity index (χ0n) is 12.7. The van der Waals surface area contributed by atoms with Crippen LogP contribution in [0.15, 0.2) is 24.3 Å². The summed E-state index contributed by atoms with van der Waals surface area (Å²) >= 11 is 6.15. The molecule has 1 heterocycles. The number of rotatable bonds is 6. The maximum Gasteiger partial charge on any atom is 0.0408 e. The zero-order valence-corrected chi connectivity index (χ0v) is 13.5. The van der Waals surface area contributed by atoms with E-state index in [-0.39, 0.29) is 0 Å². The number of hydrogen-bond acceptors (Lipinski definition) is 1. The number of benzene rings is 1. The smallest absolute Gasteiger partial charge is 0.0408 e. The third-order valence-electron chi connectivity index (χ3n) is 5.60. The van der Waals surface area contributed by atoms with E-state index >= 15 is 0 Å². The monoisotopic (exact) mass is 291 g/mol. The highest BCUT2D eigenvalue weighted by Gasteiger charge is 2.65. The van der Waals surface area contributed by atoms with Crippen LogP contribution in [-0.2, 0) is 5.41 Å². The number of nitrogens with zero attached hydrogens (tertiary/aromatic N) is 1. The van der Waals surface area contributed by atoms with Crippen molar-refractivity contribution in [1.82, 2.24) is 4.90 Å². The fourth-order valence-electron chi connectivity index (χ4n) is 4.16. The predicted molar refractivity (Wildman–Crippen MR) is 86.4 cm³/mol. The average Bonchev–Trinajstić information content (AvgIpc) is 2.83. The molecule has 3 rings (SSSR count). The summed E-state index contributed by atoms with van der Waals surface area (Å²) in [7, 11) is 0. The summed E-state index contributed by atoms with van der Waals surface area (Å²) in [5, 5.41) is 0.880. The molecule has 0 spiro atoms. The topological polar surface area (TPSA) is 3.24 Å². The summed E-state index contributed by atoms with van der Waals surface area (Å²) in [4.78, 5) is 2.68. The van der Waals surface area contributed by atoms with Gasteiger partial charge in [-0.15, -0.1) is 0 Å². The first kappa shape index (κ1) is 14.4. The molecule has 1 aromatic rings. The molecule has 2 fully saturated rings. The van der Waals surface area contributed by atoms with Gasteiger partial charge in [0.25, 0.3) is 0 Å². The minimum Gasteiger partial charge on any atom is -0.303 e. The van der Waals surface area contributed by atoms with Crippen molar-refractivity contribution in [3.8, 4) is 0 Å². The van der Waals surface area contributed by atoms with Crippen LogP contribution >= 0.6 is 11.6 Å². The second kappa shape index (κ2) is 5.69.